The summed E-state index contributed by atoms with van der Waals surface area (Å²) < 4.78 is 17.0. The maximum absolute atomic E-state index is 13.3. The molecule has 0 fully saturated rings. The number of Topliss-reactive ketones (excluding diaryl/α,β-unsaturated/α-hetero) is 1. The number of carbonyl (C=O) groups is 1. The Morgan fingerprint density at radius 2 is 1.97 bits per heavy atom. The molecule has 0 bridgehead atoms. The average molecular weight is 396 g/mol. The van der Waals surface area contributed by atoms with Crippen LogP contribution < -0.4 is 24.8 Å². The standard InChI is InChI=1S/C23H28N2O4/c1-5-6-15(21(26)16-7-9-18(24)19(14-16)25(2)3)13-17-8-10-20-23(22(17)27-4)29-12-11-28-20/h7-10,13-14H,5-6,11-12,24H2,1-4H3/b15-13+. The molecular weight excluding hydrogens is 368 g/mol. The molecule has 0 atom stereocenters. The molecule has 2 N–H and O–H groups in total. The zero-order chi connectivity index (χ0) is 21.0. The lowest BCUT2D eigenvalue weighted by molar-refractivity contribution is 0.103. The van der Waals surface area contributed by atoms with E-state index in [9.17, 15) is 4.79 Å². The molecule has 2 aromatic rings. The van der Waals surface area contributed by atoms with Crippen LogP contribution in [0.3, 0.4) is 0 Å². The molecule has 0 amide bonds. The minimum absolute atomic E-state index is 0.0214. The first-order valence-electron chi connectivity index (χ1n) is 9.75. The summed E-state index contributed by atoms with van der Waals surface area (Å²) in [5, 5.41) is 0. The lowest BCUT2D eigenvalue weighted by atomic mass is 9.96. The zero-order valence-corrected chi connectivity index (χ0v) is 17.5. The van der Waals surface area contributed by atoms with Crippen LogP contribution in [0.4, 0.5) is 11.4 Å². The number of carbonyl (C=O) groups excluding carboxylic acids is 1. The number of rotatable bonds is 7. The van der Waals surface area contributed by atoms with Gasteiger partial charge in [-0.3, -0.25) is 4.79 Å². The molecule has 0 aliphatic carbocycles. The minimum Gasteiger partial charge on any atom is -0.492 e. The molecule has 0 saturated carbocycles. The predicted molar refractivity (Wildman–Crippen MR) is 116 cm³/mol. The van der Waals surface area contributed by atoms with E-state index in [0.29, 0.717) is 53.7 Å². The second kappa shape index (κ2) is 8.90. The fraction of sp³-hybridized carbons (Fsp3) is 0.348. The molecule has 0 unspecified atom stereocenters. The first-order valence-corrected chi connectivity index (χ1v) is 9.75. The van der Waals surface area contributed by atoms with E-state index in [1.54, 1.807) is 19.2 Å². The molecule has 2 aromatic carbocycles. The van der Waals surface area contributed by atoms with Crippen molar-refractivity contribution in [1.29, 1.82) is 0 Å². The average Bonchev–Trinajstić information content (AvgIpc) is 2.72. The van der Waals surface area contributed by atoms with Gasteiger partial charge in [0.15, 0.2) is 17.3 Å². The van der Waals surface area contributed by atoms with Gasteiger partial charge < -0.3 is 24.8 Å². The molecule has 1 heterocycles. The maximum Gasteiger partial charge on any atom is 0.204 e. The summed E-state index contributed by atoms with van der Waals surface area (Å²) in [7, 11) is 5.40. The van der Waals surface area contributed by atoms with Crippen molar-refractivity contribution >= 4 is 23.2 Å². The van der Waals surface area contributed by atoms with Gasteiger partial charge in [0, 0.05) is 30.8 Å². The van der Waals surface area contributed by atoms with Crippen molar-refractivity contribution in [3.63, 3.8) is 0 Å². The monoisotopic (exact) mass is 396 g/mol. The van der Waals surface area contributed by atoms with E-state index in [1.807, 2.05) is 43.3 Å². The number of ketones is 1. The summed E-state index contributed by atoms with van der Waals surface area (Å²) in [5.74, 6) is 1.79. The van der Waals surface area contributed by atoms with Crippen LogP contribution in [0.1, 0.15) is 35.7 Å². The van der Waals surface area contributed by atoms with E-state index in [0.717, 1.165) is 17.7 Å². The van der Waals surface area contributed by atoms with E-state index >= 15 is 0 Å². The van der Waals surface area contributed by atoms with Gasteiger partial charge in [-0.25, -0.2) is 0 Å². The van der Waals surface area contributed by atoms with Gasteiger partial charge in [0.2, 0.25) is 5.75 Å². The summed E-state index contributed by atoms with van der Waals surface area (Å²) in [4.78, 5) is 15.2. The molecule has 0 radical (unpaired) electrons. The second-order valence-electron chi connectivity index (χ2n) is 7.13. The topological polar surface area (TPSA) is 74.0 Å². The van der Waals surface area contributed by atoms with Crippen molar-refractivity contribution in [2.75, 3.05) is 45.1 Å². The van der Waals surface area contributed by atoms with Gasteiger partial charge in [0.05, 0.1) is 18.5 Å². The van der Waals surface area contributed by atoms with Gasteiger partial charge in [0.1, 0.15) is 13.2 Å². The number of nitrogens with two attached hydrogens (primary N) is 1. The molecule has 1 aliphatic heterocycles. The molecule has 0 saturated heterocycles. The van der Waals surface area contributed by atoms with E-state index < -0.39 is 0 Å². The highest BCUT2D eigenvalue weighted by Gasteiger charge is 2.21. The summed E-state index contributed by atoms with van der Waals surface area (Å²) in [5.41, 5.74) is 9.61. The van der Waals surface area contributed by atoms with Gasteiger partial charge in [-0.05, 0) is 42.8 Å². The number of allylic oxidation sites excluding steroid dienone is 1. The van der Waals surface area contributed by atoms with Crippen LogP contribution in [0.2, 0.25) is 0 Å². The van der Waals surface area contributed by atoms with Crippen molar-refractivity contribution in [2.45, 2.75) is 19.8 Å². The SMILES string of the molecule is CCC/C(=C\c1ccc2c(c1OC)OCCO2)C(=O)c1ccc(N)c(N(C)C)c1. The molecule has 0 aromatic heterocycles. The Balaban J connectivity index is 2.03. The first-order chi connectivity index (χ1) is 14.0. The fourth-order valence-electron chi connectivity index (χ4n) is 3.40. The summed E-state index contributed by atoms with van der Waals surface area (Å²) in [6.07, 6.45) is 3.38. The highest BCUT2D eigenvalue weighted by molar-refractivity contribution is 6.12. The van der Waals surface area contributed by atoms with Crippen LogP contribution in [-0.2, 0) is 0 Å². The number of nitrogen functional groups attached to an aromatic ring is 1. The number of hydrogen-bond donors (Lipinski definition) is 1. The number of benzene rings is 2. The Morgan fingerprint density at radius 3 is 2.66 bits per heavy atom. The first kappa shape index (κ1) is 20.6. The molecule has 6 heteroatoms. The van der Waals surface area contributed by atoms with E-state index in [1.165, 1.54) is 0 Å². The largest absolute Gasteiger partial charge is 0.492 e. The Labute approximate surface area is 171 Å². The molecule has 3 rings (SSSR count). The maximum atomic E-state index is 13.3. The van der Waals surface area contributed by atoms with E-state index in [2.05, 4.69) is 6.92 Å². The Hall–Kier alpha value is -3.15. The van der Waals surface area contributed by atoms with Gasteiger partial charge in [0.25, 0.3) is 0 Å². The number of methoxy groups -OCH3 is 1. The summed E-state index contributed by atoms with van der Waals surface area (Å²) >= 11 is 0. The molecule has 0 spiro atoms. The third-order valence-electron chi connectivity index (χ3n) is 4.81. The highest BCUT2D eigenvalue weighted by atomic mass is 16.6. The van der Waals surface area contributed by atoms with Crippen molar-refractivity contribution in [1.82, 2.24) is 0 Å². The summed E-state index contributed by atoms with van der Waals surface area (Å²) in [6.45, 7) is 3.03. The molecule has 1 aliphatic rings. The molecule has 29 heavy (non-hydrogen) atoms. The van der Waals surface area contributed by atoms with Gasteiger partial charge in [-0.1, -0.05) is 13.3 Å². The van der Waals surface area contributed by atoms with Gasteiger partial charge >= 0.3 is 0 Å². The number of nitrogens with zero attached hydrogens (tertiary/aromatic N) is 1. The number of fused-ring (bicyclic) bond motifs is 1. The minimum atomic E-state index is -0.0214. The van der Waals surface area contributed by atoms with Gasteiger partial charge in [-0.2, -0.15) is 0 Å². The Morgan fingerprint density at radius 1 is 1.21 bits per heavy atom. The highest BCUT2D eigenvalue weighted by Crippen LogP contribution is 2.42. The van der Waals surface area contributed by atoms with Crippen LogP contribution in [0.25, 0.3) is 6.08 Å². The Bertz CT molecular complexity index is 935. The third-order valence-corrected chi connectivity index (χ3v) is 4.81. The van der Waals surface area contributed by atoms with E-state index in [-0.39, 0.29) is 5.78 Å². The van der Waals surface area contributed by atoms with Crippen molar-refractivity contribution < 1.29 is 19.0 Å². The smallest absolute Gasteiger partial charge is 0.204 e. The number of hydrogen-bond acceptors (Lipinski definition) is 6. The fourth-order valence-corrected chi connectivity index (χ4v) is 3.40. The van der Waals surface area contributed by atoms with Crippen LogP contribution >= 0.6 is 0 Å². The van der Waals surface area contributed by atoms with Gasteiger partial charge in [-0.15, -0.1) is 0 Å². The lowest BCUT2D eigenvalue weighted by Crippen LogP contribution is -2.16. The van der Waals surface area contributed by atoms with E-state index in [4.69, 9.17) is 19.9 Å². The van der Waals surface area contributed by atoms with Crippen LogP contribution in [0, 0.1) is 0 Å². The molecule has 154 valence electrons. The second-order valence-corrected chi connectivity index (χ2v) is 7.13. The predicted octanol–water partition coefficient (Wildman–Crippen LogP) is 4.18. The molecular formula is C23H28N2O4. The number of anilines is 2. The lowest BCUT2D eigenvalue weighted by Gasteiger charge is -2.21. The Kier molecular flexibility index (Phi) is 6.32. The van der Waals surface area contributed by atoms with Crippen molar-refractivity contribution in [3.8, 4) is 17.2 Å². The van der Waals surface area contributed by atoms with Crippen molar-refractivity contribution in [3.05, 3.63) is 47.0 Å². The van der Waals surface area contributed by atoms with Crippen LogP contribution in [-0.4, -0.2) is 40.2 Å². The summed E-state index contributed by atoms with van der Waals surface area (Å²) in [6, 6.07) is 9.13. The van der Waals surface area contributed by atoms with Crippen LogP contribution in [0.15, 0.2) is 35.9 Å². The molecule has 6 nitrogen and oxygen atoms in total. The normalized spacial score (nSPS) is 13.2. The number of ether oxygens (including phenoxy) is 3. The zero-order valence-electron chi connectivity index (χ0n) is 17.5. The van der Waals surface area contributed by atoms with Crippen LogP contribution in [0.5, 0.6) is 17.2 Å². The van der Waals surface area contributed by atoms with Crippen molar-refractivity contribution in [2.24, 2.45) is 0 Å². The quantitative estimate of drug-likeness (QED) is 0.430. The third kappa shape index (κ3) is 4.31.